The van der Waals surface area contributed by atoms with Gasteiger partial charge in [0.25, 0.3) is 0 Å². The van der Waals surface area contributed by atoms with Gasteiger partial charge in [0.1, 0.15) is 16.2 Å². The minimum atomic E-state index is -4.49. The number of pyridine rings is 1. The van der Waals surface area contributed by atoms with Gasteiger partial charge in [-0.2, -0.15) is 18.2 Å². The number of ether oxygens (including phenoxy) is 1. The Kier molecular flexibility index (Phi) is 7.09. The molecule has 1 saturated heterocycles. The number of likely N-dealkylation sites (tertiary alicyclic amines) is 1. The van der Waals surface area contributed by atoms with Crippen molar-refractivity contribution in [2.45, 2.75) is 25.6 Å². The van der Waals surface area contributed by atoms with Crippen molar-refractivity contribution in [3.63, 3.8) is 0 Å². The van der Waals surface area contributed by atoms with Crippen LogP contribution in [0.25, 0.3) is 11.2 Å². The number of nitrogens with one attached hydrogen (secondary N) is 3. The Morgan fingerprint density at radius 1 is 1.26 bits per heavy atom. The Hall–Kier alpha value is -3.90. The van der Waals surface area contributed by atoms with Gasteiger partial charge in [-0.1, -0.05) is 11.6 Å². The molecule has 2 aromatic heterocycles. The van der Waals surface area contributed by atoms with E-state index in [1.807, 2.05) is 0 Å². The van der Waals surface area contributed by atoms with E-state index in [4.69, 9.17) is 21.7 Å². The number of allylic oxidation sites excluding steroid dienone is 2. The second-order valence-corrected chi connectivity index (χ2v) is 9.27. The molecule has 0 aliphatic carbocycles. The number of anilines is 2. The van der Waals surface area contributed by atoms with Crippen molar-refractivity contribution in [3.8, 4) is 5.75 Å². The largest absolute Gasteiger partial charge is 0.450 e. The van der Waals surface area contributed by atoms with Gasteiger partial charge in [0, 0.05) is 31.7 Å². The number of rotatable bonds is 7. The predicted octanol–water partition coefficient (Wildman–Crippen LogP) is 5.37. The van der Waals surface area contributed by atoms with Crippen LogP contribution in [-0.2, 0) is 19.8 Å². The number of aryl methyl sites for hydroxylation is 1. The lowest BCUT2D eigenvalue weighted by Gasteiger charge is -2.18. The third-order valence-corrected chi connectivity index (χ3v) is 6.57. The van der Waals surface area contributed by atoms with Crippen molar-refractivity contribution >= 4 is 46.8 Å². The van der Waals surface area contributed by atoms with E-state index in [0.29, 0.717) is 23.3 Å². The molecular weight excluding hydrogens is 521 g/mol. The molecule has 0 amide bonds. The number of alkyl halides is 3. The first-order valence-electron chi connectivity index (χ1n) is 11.8. The summed E-state index contributed by atoms with van der Waals surface area (Å²) >= 11 is 6.63. The monoisotopic (exact) mass is 544 g/mol. The Balaban J connectivity index is 1.47. The molecule has 0 unspecified atom stereocenters. The van der Waals surface area contributed by atoms with Crippen LogP contribution in [0.3, 0.4) is 0 Å². The highest BCUT2D eigenvalue weighted by molar-refractivity contribution is 6.36. The summed E-state index contributed by atoms with van der Waals surface area (Å²) in [4.78, 5) is 14.9. The molecule has 0 bridgehead atoms. The van der Waals surface area contributed by atoms with Crippen LogP contribution in [0.2, 0.25) is 5.02 Å². The number of halogens is 4. The molecule has 3 N–H and O–H groups in total. The minimum absolute atomic E-state index is 0.163. The van der Waals surface area contributed by atoms with Crippen molar-refractivity contribution in [1.29, 1.82) is 5.41 Å². The summed E-state index contributed by atoms with van der Waals surface area (Å²) in [6, 6.07) is 3.95. The molecule has 3 aromatic rings. The lowest BCUT2D eigenvalue weighted by molar-refractivity contribution is -0.137. The molecule has 1 fully saturated rings. The summed E-state index contributed by atoms with van der Waals surface area (Å²) in [5.41, 5.74) is 1.24. The van der Waals surface area contributed by atoms with Crippen molar-refractivity contribution in [3.05, 3.63) is 64.4 Å². The zero-order valence-electron chi connectivity index (χ0n) is 20.3. The summed E-state index contributed by atoms with van der Waals surface area (Å²) in [5.74, 6) is 0.599. The maximum Gasteiger partial charge on any atom is 0.416 e. The van der Waals surface area contributed by atoms with Crippen molar-refractivity contribution < 1.29 is 17.9 Å². The molecule has 38 heavy (non-hydrogen) atoms. The Labute approximate surface area is 221 Å². The fraction of sp³-hybridized carbons (Fsp3) is 0.280. The topological polar surface area (TPSA) is 103 Å². The second-order valence-electron chi connectivity index (χ2n) is 8.89. The maximum absolute atomic E-state index is 13.7. The molecule has 0 saturated carbocycles. The van der Waals surface area contributed by atoms with E-state index in [-0.39, 0.29) is 33.8 Å². The van der Waals surface area contributed by atoms with Gasteiger partial charge in [0.15, 0.2) is 17.2 Å². The van der Waals surface area contributed by atoms with E-state index in [9.17, 15) is 13.2 Å². The first-order valence-corrected chi connectivity index (χ1v) is 12.2. The Bertz CT molecular complexity index is 1470. The number of aliphatic imine (C=N–C) groups is 1. The smallest absolute Gasteiger partial charge is 0.416 e. The molecule has 0 spiro atoms. The van der Waals surface area contributed by atoms with Gasteiger partial charge >= 0.3 is 6.18 Å². The molecule has 4 heterocycles. The van der Waals surface area contributed by atoms with Gasteiger partial charge in [-0.15, -0.1) is 0 Å². The van der Waals surface area contributed by atoms with Crippen LogP contribution in [0.4, 0.5) is 24.8 Å². The molecule has 0 radical (unpaired) electrons. The summed E-state index contributed by atoms with van der Waals surface area (Å²) in [7, 11) is 1.67. The number of aromatic nitrogens is 3. The van der Waals surface area contributed by atoms with E-state index < -0.39 is 11.7 Å². The van der Waals surface area contributed by atoms with E-state index >= 15 is 0 Å². The highest BCUT2D eigenvalue weighted by Crippen LogP contribution is 2.36. The number of imidazole rings is 1. The second kappa shape index (κ2) is 10.5. The lowest BCUT2D eigenvalue weighted by atomic mass is 10.1. The molecule has 1 aromatic carbocycles. The highest BCUT2D eigenvalue weighted by atomic mass is 35.5. The van der Waals surface area contributed by atoms with Crippen molar-refractivity contribution in [2.75, 3.05) is 18.4 Å². The quantitative estimate of drug-likeness (QED) is 0.273. The van der Waals surface area contributed by atoms with Gasteiger partial charge in [-0.05, 0) is 49.7 Å². The van der Waals surface area contributed by atoms with Crippen LogP contribution in [0, 0.1) is 5.41 Å². The molecular formula is C25H24ClF3N8O. The Morgan fingerprint density at radius 3 is 2.74 bits per heavy atom. The standard InChI is InChI=1S/C25H24ClF3N8O/c1-36-22-21(26)20(38-19(11-30)18-12-31-4-5-32-18)13-33-23(22)35-24(36)34-17-9-15(14-37-6-2-3-7-37)8-16(10-17)25(27,28)29/h4-5,8-13,30,32H,2-3,6-7,14H2,1H3,(H,33,34,35)/b19-18+,30-11?. The lowest BCUT2D eigenvalue weighted by Crippen LogP contribution is -2.19. The maximum atomic E-state index is 13.7. The van der Waals surface area contributed by atoms with Gasteiger partial charge in [-0.25, -0.2) is 4.98 Å². The average Bonchev–Trinajstić information content (AvgIpc) is 3.51. The molecule has 13 heteroatoms. The third-order valence-electron chi connectivity index (χ3n) is 6.21. The van der Waals surface area contributed by atoms with Crippen LogP contribution in [-0.4, -0.2) is 45.0 Å². The van der Waals surface area contributed by atoms with E-state index in [1.165, 1.54) is 18.5 Å². The molecule has 2 aliphatic heterocycles. The van der Waals surface area contributed by atoms with E-state index in [1.54, 1.807) is 30.1 Å². The summed E-state index contributed by atoms with van der Waals surface area (Å²) < 4.78 is 48.4. The van der Waals surface area contributed by atoms with E-state index in [0.717, 1.165) is 38.2 Å². The molecule has 2 aliphatic rings. The number of benzene rings is 1. The van der Waals surface area contributed by atoms with Crippen molar-refractivity contribution in [1.82, 2.24) is 24.8 Å². The van der Waals surface area contributed by atoms with Gasteiger partial charge in [0.05, 0.1) is 24.2 Å². The average molecular weight is 545 g/mol. The molecule has 0 atom stereocenters. The number of fused-ring (bicyclic) bond motifs is 1. The zero-order valence-corrected chi connectivity index (χ0v) is 21.1. The summed E-state index contributed by atoms with van der Waals surface area (Å²) in [6.07, 6.45) is 4.63. The first-order chi connectivity index (χ1) is 18.2. The van der Waals surface area contributed by atoms with Crippen molar-refractivity contribution in [2.24, 2.45) is 12.0 Å². The summed E-state index contributed by atoms with van der Waals surface area (Å²) in [5, 5.41) is 13.8. The van der Waals surface area contributed by atoms with Gasteiger partial charge < -0.3 is 25.3 Å². The minimum Gasteiger partial charge on any atom is -0.450 e. The first kappa shape index (κ1) is 25.7. The van der Waals surface area contributed by atoms with Crippen LogP contribution in [0.1, 0.15) is 24.0 Å². The van der Waals surface area contributed by atoms with Crippen LogP contribution in [0.15, 0.2) is 53.2 Å². The molecule has 9 nitrogen and oxygen atoms in total. The number of nitrogens with zero attached hydrogens (tertiary/aromatic N) is 5. The van der Waals surface area contributed by atoms with Crippen LogP contribution < -0.4 is 15.4 Å². The number of hydrogen-bond donors (Lipinski definition) is 3. The van der Waals surface area contributed by atoms with Gasteiger partial charge in [-0.3, -0.25) is 9.89 Å². The summed E-state index contributed by atoms with van der Waals surface area (Å²) in [6.45, 7) is 2.18. The predicted molar refractivity (Wildman–Crippen MR) is 140 cm³/mol. The van der Waals surface area contributed by atoms with Crippen LogP contribution >= 0.6 is 11.6 Å². The Morgan fingerprint density at radius 2 is 2.05 bits per heavy atom. The highest BCUT2D eigenvalue weighted by Gasteiger charge is 2.31. The SMILES string of the molecule is Cn1c(Nc2cc(CN3CCCC3)cc(C(F)(F)F)c2)nc2ncc(O/C(C=N)=C3\C=NC=CN3)c(Cl)c21. The fourth-order valence-electron chi connectivity index (χ4n) is 4.38. The van der Waals surface area contributed by atoms with E-state index in [2.05, 4.69) is 30.5 Å². The third kappa shape index (κ3) is 5.36. The molecule has 198 valence electrons. The molecule has 5 rings (SSSR count). The van der Waals surface area contributed by atoms with Gasteiger partial charge in [0.2, 0.25) is 5.95 Å². The normalized spacial score (nSPS) is 17.1. The zero-order chi connectivity index (χ0) is 26.9. The number of hydrogen-bond acceptors (Lipinski definition) is 8. The van der Waals surface area contributed by atoms with Crippen LogP contribution in [0.5, 0.6) is 5.75 Å². The fourth-order valence-corrected chi connectivity index (χ4v) is 4.68.